The Kier molecular flexibility index (Phi) is 214. The van der Waals surface area contributed by atoms with Crippen LogP contribution in [-0.4, -0.2) is 126 Å². The molecule has 0 rings (SSSR count). The van der Waals surface area contributed by atoms with Gasteiger partial charge in [0.05, 0.1) is 65.6 Å². The zero-order valence-corrected chi connectivity index (χ0v) is 75.8. The van der Waals surface area contributed by atoms with Gasteiger partial charge in [-0.25, -0.2) is 0 Å². The molecule has 31 heteroatoms. The van der Waals surface area contributed by atoms with Crippen molar-refractivity contribution in [1.82, 2.24) is 0 Å². The van der Waals surface area contributed by atoms with Gasteiger partial charge in [-0.2, -0.15) is 0 Å². The number of carbonyl (C=O) groups excluding carboxylic acids is 2. The topological polar surface area (TPSA) is 561 Å². The Morgan fingerprint density at radius 2 is 0.324 bits per heavy atom. The number of quaternary nitrogens is 2. The molecule has 0 atom stereocenters. The minimum Gasteiger partial charge on any atom is -2.00 e. The Balaban J connectivity index is -0.0000000389. The average Bonchev–Trinajstić information content (AvgIpc) is 0.887. The van der Waals surface area contributed by atoms with Crippen molar-refractivity contribution < 1.29 is 241 Å². The van der Waals surface area contributed by atoms with Crippen molar-refractivity contribution in [3.8, 4) is 0 Å². The van der Waals surface area contributed by atoms with E-state index >= 15 is 0 Å². The van der Waals surface area contributed by atoms with Crippen molar-refractivity contribution in [1.29, 1.82) is 0 Å². The van der Waals surface area contributed by atoms with Crippen LogP contribution in [0.15, 0.2) is 0 Å². The first-order valence-corrected chi connectivity index (χ1v) is 37.3. The van der Waals surface area contributed by atoms with Crippen molar-refractivity contribution in [2.75, 3.05) is 105 Å². The van der Waals surface area contributed by atoms with Crippen LogP contribution in [0.2, 0.25) is 0 Å². The minimum atomic E-state index is -1.91. The molecule has 25 nitrogen and oxygen atoms in total. The minimum absolute atomic E-state index is 0. The molecule has 0 fully saturated rings. The number of hydrogen-bond donors (Lipinski definition) is 0. The first-order chi connectivity index (χ1) is 41.8. The number of ether oxygens (including phenoxy) is 2. The van der Waals surface area contributed by atoms with Gasteiger partial charge >= 0.3 is 11.9 Å². The molecule has 0 bridgehead atoms. The second-order valence-corrected chi connectivity index (χ2v) is 26.2. The summed E-state index contributed by atoms with van der Waals surface area (Å²) in [5, 5.41) is 65.5. The summed E-state index contributed by atoms with van der Waals surface area (Å²) in [6.07, 6.45) is 56.9. The Morgan fingerprint density at radius 3 is 0.438 bits per heavy atom. The van der Waals surface area contributed by atoms with Gasteiger partial charge in [0.25, 0.3) is 0 Å². The summed E-state index contributed by atoms with van der Waals surface area (Å²) in [6.45, 7) is 29.0. The first kappa shape index (κ1) is 170. The van der Waals surface area contributed by atoms with E-state index in [-0.39, 0.29) is 196 Å². The molecule has 0 aromatic rings. The molecular formula is C74H150N2O23V6-30. The number of nitrogens with zero attached hydrogens (tertiary/aromatic N) is 2. The Bertz CT molecular complexity index is 1210. The van der Waals surface area contributed by atoms with Crippen LogP contribution in [-0.2, 0) is 202 Å². The molecule has 0 amide bonds. The van der Waals surface area contributed by atoms with Crippen LogP contribution in [0, 0.1) is 10.8 Å². The molecule has 0 saturated heterocycles. The average molecular weight is 1740 g/mol. The Labute approximate surface area is 715 Å². The van der Waals surface area contributed by atoms with Crippen molar-refractivity contribution in [3.63, 3.8) is 0 Å². The van der Waals surface area contributed by atoms with Gasteiger partial charge in [-0.05, 0) is 64.2 Å². The van der Waals surface area contributed by atoms with E-state index in [9.17, 15) is 40.2 Å². The van der Waals surface area contributed by atoms with Crippen LogP contribution in [0.25, 0.3) is 0 Å². The van der Waals surface area contributed by atoms with Crippen LogP contribution < -0.4 is 30.6 Å². The van der Waals surface area contributed by atoms with Gasteiger partial charge in [-0.1, -0.05) is 288 Å². The smallest absolute Gasteiger partial charge is 0.307 e. The normalized spacial score (nSPS) is 9.68. The molecule has 0 saturated carbocycles. The molecule has 0 aliphatic heterocycles. The fourth-order valence-electron chi connectivity index (χ4n) is 11.1. The number of hydrogen-bond acceptors (Lipinski definition) is 10. The third kappa shape index (κ3) is 102. The van der Waals surface area contributed by atoms with E-state index < -0.39 is 62.4 Å². The SMILES string of the molecule is CCCCCCCCCCCCCCCCOC(=O)C(C[O-])(C[O-])C[O-].CCCCCCCCCCCCCCCCOC(=O)C(C[O-])(C[O-])C[O-].CCCC[N+](CCCC)(CCCC)CCCC.CCCC[N+](CCCC)(CCCC)CCCC.[O-2].[O-2].[O-2].[O-2].[O-2].[O-2].[O-2].[O-2].[O-2].[O-2].[O-2].[O-2].[O-2].[V].[V].[V].[V].[V].[V]. The van der Waals surface area contributed by atoms with E-state index in [1.54, 1.807) is 0 Å². The molecule has 0 aromatic carbocycles. The third-order valence-corrected chi connectivity index (χ3v) is 17.9. The summed E-state index contributed by atoms with van der Waals surface area (Å²) in [6, 6.07) is 0. The van der Waals surface area contributed by atoms with Gasteiger partial charge in [-0.15, -0.1) is 39.6 Å². The summed E-state index contributed by atoms with van der Waals surface area (Å²) in [5.41, 5.74) is -3.81. The molecule has 0 unspecified atom stereocenters. The Hall–Kier alpha value is 1.61. The molecule has 0 aliphatic carbocycles. The summed E-state index contributed by atoms with van der Waals surface area (Å²) in [7, 11) is 0. The molecule has 105 heavy (non-hydrogen) atoms. The molecule has 0 aliphatic rings. The van der Waals surface area contributed by atoms with E-state index in [0.717, 1.165) is 38.5 Å². The van der Waals surface area contributed by atoms with Gasteiger partial charge in [0.1, 0.15) is 0 Å². The molecule has 0 N–H and O–H groups in total. The number of carbonyl (C=O) groups is 2. The molecule has 0 spiro atoms. The molecule has 654 valence electrons. The Morgan fingerprint density at radius 1 is 0.210 bits per heavy atom. The van der Waals surface area contributed by atoms with Crippen LogP contribution in [0.5, 0.6) is 0 Å². The summed E-state index contributed by atoms with van der Waals surface area (Å²) in [5.74, 6) is -1.82. The summed E-state index contributed by atoms with van der Waals surface area (Å²) in [4.78, 5) is 23.3. The predicted octanol–water partition coefficient (Wildman–Crippen LogP) is 12.6. The predicted molar refractivity (Wildman–Crippen MR) is 364 cm³/mol. The van der Waals surface area contributed by atoms with E-state index in [2.05, 4.69) is 69.2 Å². The van der Waals surface area contributed by atoms with Crippen molar-refractivity contribution in [2.45, 2.75) is 352 Å². The number of rotatable bonds is 62. The van der Waals surface area contributed by atoms with Gasteiger partial charge in [0.15, 0.2) is 0 Å². The second kappa shape index (κ2) is 132. The van der Waals surface area contributed by atoms with Gasteiger partial charge in [0, 0.05) is 122 Å². The van der Waals surface area contributed by atoms with E-state index in [1.807, 2.05) is 0 Å². The zero-order valence-electron chi connectivity index (χ0n) is 67.4. The molecule has 0 heterocycles. The van der Waals surface area contributed by atoms with Crippen LogP contribution in [0.3, 0.4) is 0 Å². The van der Waals surface area contributed by atoms with Crippen molar-refractivity contribution >= 4 is 11.9 Å². The number of esters is 2. The fourth-order valence-corrected chi connectivity index (χ4v) is 11.1. The third-order valence-electron chi connectivity index (χ3n) is 17.9. The molecular weight excluding hydrogens is 1590 g/mol. The fraction of sp³-hybridized carbons (Fsp3) is 0.973. The van der Waals surface area contributed by atoms with Crippen molar-refractivity contribution in [3.05, 3.63) is 0 Å². The van der Waals surface area contributed by atoms with Gasteiger partial charge < -0.3 is 120 Å². The maximum Gasteiger partial charge on any atom is 0.307 e. The second-order valence-electron chi connectivity index (χ2n) is 26.2. The monoisotopic (exact) mass is 1740 g/mol. The van der Waals surface area contributed by atoms with E-state index in [1.165, 1.54) is 305 Å². The first-order valence-electron chi connectivity index (χ1n) is 37.3. The van der Waals surface area contributed by atoms with Crippen LogP contribution in [0.1, 0.15) is 352 Å². The summed E-state index contributed by atoms with van der Waals surface area (Å²) < 4.78 is 12.7. The van der Waals surface area contributed by atoms with Crippen molar-refractivity contribution in [2.24, 2.45) is 10.8 Å². The number of unbranched alkanes of at least 4 members (excludes halogenated alkanes) is 34. The van der Waals surface area contributed by atoms with Gasteiger partial charge in [-0.3, -0.25) is 9.59 Å². The standard InChI is InChI=1S/2C21H39O5.2C16H36N.13O.6V/c2*1-2-3-4-5-6-7-8-9-10-11-12-13-14-15-16-26-20(25)21(17-22,18-23)19-24;2*1-5-9-13-17(14-10-6-2,15-11-7-3)16-12-8-4;;;;;;;;;;;;;;;;;;;/h2*2-19H2,1H3;2*5-16H2,1-4H3;;;;;;;;;;;;;;;;;;;/q2*-3;2*+1;13*-2;;;;;;. The quantitative estimate of drug-likeness (QED) is 0.0314. The van der Waals surface area contributed by atoms with E-state index in [0.29, 0.717) is 0 Å². The maximum atomic E-state index is 11.7. The van der Waals surface area contributed by atoms with Gasteiger partial charge in [0.2, 0.25) is 0 Å². The molecule has 0 aromatic heterocycles. The van der Waals surface area contributed by atoms with Crippen LogP contribution in [0.4, 0.5) is 0 Å². The molecule has 6 radical (unpaired) electrons. The van der Waals surface area contributed by atoms with E-state index in [4.69, 9.17) is 9.47 Å². The largest absolute Gasteiger partial charge is 2.00 e. The maximum absolute atomic E-state index is 11.7. The zero-order chi connectivity index (χ0) is 65.0. The van der Waals surface area contributed by atoms with Crippen LogP contribution >= 0.6 is 0 Å². The summed E-state index contributed by atoms with van der Waals surface area (Å²) >= 11 is 0.